The van der Waals surface area contributed by atoms with Crippen molar-refractivity contribution in [3.63, 3.8) is 0 Å². The van der Waals surface area contributed by atoms with Gasteiger partial charge in [-0.1, -0.05) is 62.4 Å². The Labute approximate surface area is 156 Å². The Morgan fingerprint density at radius 3 is 2.19 bits per heavy atom. The van der Waals surface area contributed by atoms with E-state index in [1.54, 1.807) is 38.1 Å². The molecule has 0 aromatic heterocycles. The fraction of sp³-hybridized carbons (Fsp3) is 0.476. The summed E-state index contributed by atoms with van der Waals surface area (Å²) in [7, 11) is -3.68. The molecule has 26 heavy (non-hydrogen) atoms. The molecule has 1 saturated heterocycles. The van der Waals surface area contributed by atoms with Crippen LogP contribution >= 0.6 is 0 Å². The Balaban J connectivity index is 0.00000117. The first kappa shape index (κ1) is 20.4. The van der Waals surface area contributed by atoms with Crippen molar-refractivity contribution in [1.29, 1.82) is 0 Å². The average molecular weight is 377 g/mol. The van der Waals surface area contributed by atoms with Crippen molar-refractivity contribution in [3.05, 3.63) is 59.7 Å². The second kappa shape index (κ2) is 7.39. The lowest BCUT2D eigenvalue weighted by atomic mass is 9.73. The minimum Gasteiger partial charge on any atom is -0.457 e. The average Bonchev–Trinajstić information content (AvgIpc) is 2.83. The van der Waals surface area contributed by atoms with Crippen molar-refractivity contribution in [1.82, 2.24) is 0 Å². The Morgan fingerprint density at radius 1 is 1.08 bits per heavy atom. The van der Waals surface area contributed by atoms with Crippen molar-refractivity contribution in [2.45, 2.75) is 50.9 Å². The monoisotopic (exact) mass is 376 g/mol. The molecule has 0 radical (unpaired) electrons. The van der Waals surface area contributed by atoms with Gasteiger partial charge in [0, 0.05) is 6.26 Å². The van der Waals surface area contributed by atoms with Gasteiger partial charge in [-0.05, 0) is 37.8 Å². The molecule has 142 valence electrons. The zero-order valence-corrected chi connectivity index (χ0v) is 17.0. The van der Waals surface area contributed by atoms with Gasteiger partial charge in [-0.3, -0.25) is 4.79 Å². The van der Waals surface area contributed by atoms with Crippen LogP contribution in [0.5, 0.6) is 0 Å². The lowest BCUT2D eigenvalue weighted by molar-refractivity contribution is -0.147. The smallest absolute Gasteiger partial charge is 0.316 e. The fourth-order valence-electron chi connectivity index (χ4n) is 4.19. The van der Waals surface area contributed by atoms with Gasteiger partial charge in [0.05, 0.1) is 0 Å². The number of esters is 1. The summed E-state index contributed by atoms with van der Waals surface area (Å²) >= 11 is 0. The van der Waals surface area contributed by atoms with Gasteiger partial charge in [0.15, 0.2) is 14.6 Å². The molecular weight excluding hydrogens is 348 g/mol. The molecule has 0 amide bonds. The molecule has 2 unspecified atom stereocenters. The Morgan fingerprint density at radius 2 is 1.69 bits per heavy atom. The van der Waals surface area contributed by atoms with Crippen molar-refractivity contribution in [2.75, 3.05) is 6.26 Å². The van der Waals surface area contributed by atoms with E-state index in [0.717, 1.165) is 18.4 Å². The summed E-state index contributed by atoms with van der Waals surface area (Å²) in [5, 5.41) is 0. The molecular formula is C21H28O4S. The first-order valence-electron chi connectivity index (χ1n) is 9.06. The van der Waals surface area contributed by atoms with Crippen molar-refractivity contribution >= 4 is 15.8 Å². The van der Waals surface area contributed by atoms with E-state index < -0.39 is 32.1 Å². The molecule has 0 spiro atoms. The van der Waals surface area contributed by atoms with E-state index in [1.807, 2.05) is 38.1 Å². The summed E-state index contributed by atoms with van der Waals surface area (Å²) in [6.45, 7) is 7.37. The van der Waals surface area contributed by atoms with Crippen LogP contribution in [0.25, 0.3) is 0 Å². The molecule has 1 aromatic carbocycles. The van der Waals surface area contributed by atoms with Crippen LogP contribution in [0, 0.1) is 5.92 Å². The van der Waals surface area contributed by atoms with E-state index in [0.29, 0.717) is 5.56 Å². The molecule has 0 bridgehead atoms. The standard InChI is InChI=1S/C19H22O4S.C2H6/c1-18(2)19(24(3,21)22,15-12-8-5-9-13-15)16(17(20)23-18)14-10-6-4-7-11-14;1-2/h5-6,8-13,16H,4,7H2,1-3H3;1-2H3. The molecule has 1 aromatic rings. The molecule has 4 nitrogen and oxygen atoms in total. The number of hydrogen-bond donors (Lipinski definition) is 0. The van der Waals surface area contributed by atoms with Gasteiger partial charge in [0.25, 0.3) is 0 Å². The van der Waals surface area contributed by atoms with Gasteiger partial charge < -0.3 is 4.74 Å². The number of sulfone groups is 1. The molecule has 1 heterocycles. The van der Waals surface area contributed by atoms with Crippen LogP contribution in [-0.2, 0) is 24.1 Å². The second-order valence-electron chi connectivity index (χ2n) is 6.92. The molecule has 2 aliphatic rings. The number of hydrogen-bond acceptors (Lipinski definition) is 4. The van der Waals surface area contributed by atoms with Crippen LogP contribution in [0.15, 0.2) is 54.1 Å². The van der Waals surface area contributed by atoms with E-state index in [1.165, 1.54) is 6.26 Å². The number of cyclic esters (lactones) is 1. The van der Waals surface area contributed by atoms with Crippen LogP contribution in [0.4, 0.5) is 0 Å². The highest BCUT2D eigenvalue weighted by atomic mass is 32.2. The molecule has 3 rings (SSSR count). The highest BCUT2D eigenvalue weighted by molar-refractivity contribution is 7.91. The number of carbonyl (C=O) groups is 1. The summed E-state index contributed by atoms with van der Waals surface area (Å²) < 4.78 is 30.3. The Hall–Kier alpha value is -1.88. The van der Waals surface area contributed by atoms with E-state index >= 15 is 0 Å². The van der Waals surface area contributed by atoms with Gasteiger partial charge in [-0.2, -0.15) is 0 Å². The first-order valence-corrected chi connectivity index (χ1v) is 11.0. The Kier molecular flexibility index (Phi) is 5.81. The SMILES string of the molecule is CC.CC1(C)OC(=O)C(C2=CCCC=C2)C1(c1ccccc1)S(C)(=O)=O. The summed E-state index contributed by atoms with van der Waals surface area (Å²) in [6.07, 6.45) is 8.68. The normalized spacial score (nSPS) is 27.2. The third-order valence-corrected chi connectivity index (χ3v) is 7.17. The number of carbonyl (C=O) groups excluding carboxylic acids is 1. The van der Waals surface area contributed by atoms with Crippen LogP contribution in [0.3, 0.4) is 0 Å². The molecule has 1 fully saturated rings. The summed E-state index contributed by atoms with van der Waals surface area (Å²) in [4.78, 5) is 12.8. The third kappa shape index (κ3) is 3.02. The fourth-order valence-corrected chi connectivity index (χ4v) is 6.35. The molecule has 1 aliphatic carbocycles. The minimum atomic E-state index is -3.68. The van der Waals surface area contributed by atoms with Gasteiger partial charge in [-0.15, -0.1) is 0 Å². The predicted molar refractivity (Wildman–Crippen MR) is 104 cm³/mol. The summed E-state index contributed by atoms with van der Waals surface area (Å²) in [5.41, 5.74) is 0.148. The maximum absolute atomic E-state index is 13.1. The van der Waals surface area contributed by atoms with Crippen LogP contribution < -0.4 is 0 Å². The zero-order valence-electron chi connectivity index (χ0n) is 16.2. The highest BCUT2D eigenvalue weighted by Gasteiger charge is 2.69. The molecule has 2 atom stereocenters. The summed E-state index contributed by atoms with van der Waals surface area (Å²) in [5.74, 6) is -1.34. The third-order valence-electron chi connectivity index (χ3n) is 5.04. The van der Waals surface area contributed by atoms with Crippen molar-refractivity contribution < 1.29 is 17.9 Å². The maximum Gasteiger partial charge on any atom is 0.316 e. The number of allylic oxidation sites excluding steroid dienone is 3. The van der Waals surface area contributed by atoms with Crippen LogP contribution in [-0.4, -0.2) is 26.2 Å². The quantitative estimate of drug-likeness (QED) is 0.743. The maximum atomic E-state index is 13.1. The first-order chi connectivity index (χ1) is 12.2. The van der Waals surface area contributed by atoms with E-state index in [2.05, 4.69) is 0 Å². The van der Waals surface area contributed by atoms with Crippen molar-refractivity contribution in [2.24, 2.45) is 5.92 Å². The summed E-state index contributed by atoms with van der Waals surface area (Å²) in [6, 6.07) is 8.96. The lowest BCUT2D eigenvalue weighted by Crippen LogP contribution is -2.53. The molecule has 5 heteroatoms. The van der Waals surface area contributed by atoms with Crippen molar-refractivity contribution in [3.8, 4) is 0 Å². The van der Waals surface area contributed by atoms with Gasteiger partial charge >= 0.3 is 5.97 Å². The Bertz CT molecular complexity index is 819. The van der Waals surface area contributed by atoms with Gasteiger partial charge in [0.1, 0.15) is 11.5 Å². The van der Waals surface area contributed by atoms with E-state index in [9.17, 15) is 13.2 Å². The number of benzene rings is 1. The largest absolute Gasteiger partial charge is 0.457 e. The van der Waals surface area contributed by atoms with Gasteiger partial charge in [0.2, 0.25) is 0 Å². The topological polar surface area (TPSA) is 60.4 Å². The van der Waals surface area contributed by atoms with Gasteiger partial charge in [-0.25, -0.2) is 8.42 Å². The lowest BCUT2D eigenvalue weighted by Gasteiger charge is -2.40. The minimum absolute atomic E-state index is 0.480. The van der Waals surface area contributed by atoms with E-state index in [4.69, 9.17) is 4.74 Å². The highest BCUT2D eigenvalue weighted by Crippen LogP contribution is 2.56. The predicted octanol–water partition coefficient (Wildman–Crippen LogP) is 4.18. The number of ether oxygens (including phenoxy) is 1. The zero-order chi connectivity index (χ0) is 19.6. The molecule has 1 aliphatic heterocycles. The molecule has 0 N–H and O–H groups in total. The molecule has 0 saturated carbocycles. The van der Waals surface area contributed by atoms with Crippen LogP contribution in [0.2, 0.25) is 0 Å². The van der Waals surface area contributed by atoms with E-state index in [-0.39, 0.29) is 0 Å². The number of rotatable bonds is 3. The van der Waals surface area contributed by atoms with Crippen LogP contribution in [0.1, 0.15) is 46.1 Å². The second-order valence-corrected chi connectivity index (χ2v) is 9.11.